The van der Waals surface area contributed by atoms with Crippen LogP contribution in [0.4, 0.5) is 0 Å². The topological polar surface area (TPSA) is 8.72 Å². The molecule has 0 aromatic rings. The number of allylic oxidation sites excluding steroid dienone is 1. The Kier molecular flexibility index (Phi) is 3.21. The molecule has 0 spiro atoms. The Morgan fingerprint density at radius 2 is 2.18 bits per heavy atom. The fraction of sp³-hybridized carbons (Fsp3) is 0.600. The molecule has 2 atom stereocenters. The van der Waals surface area contributed by atoms with Crippen molar-refractivity contribution in [2.45, 2.75) is 44.7 Å². The second-order valence-electron chi connectivity index (χ2n) is 4.98. The van der Waals surface area contributed by atoms with E-state index >= 15 is 0 Å². The van der Waals surface area contributed by atoms with E-state index in [4.69, 9.17) is 13.1 Å². The van der Waals surface area contributed by atoms with Crippen molar-refractivity contribution in [3.8, 4) is 11.8 Å². The lowest BCUT2D eigenvalue weighted by molar-refractivity contribution is 0.472. The maximum atomic E-state index is 7.38. The number of nitrogens with zero attached hydrogens (tertiary/aromatic N) is 2. The van der Waals surface area contributed by atoms with E-state index in [0.717, 1.165) is 12.0 Å². The van der Waals surface area contributed by atoms with Crippen LogP contribution in [0.3, 0.4) is 0 Å². The van der Waals surface area contributed by atoms with Crippen LogP contribution in [0.1, 0.15) is 39.0 Å². The van der Waals surface area contributed by atoms with Gasteiger partial charge in [0.05, 0.1) is 0 Å². The third-order valence-corrected chi connectivity index (χ3v) is 3.92. The molecule has 0 aliphatic heterocycles. The Hall–Kier alpha value is -1.72. The van der Waals surface area contributed by atoms with E-state index in [1.807, 2.05) is 0 Å². The van der Waals surface area contributed by atoms with E-state index in [2.05, 4.69) is 27.6 Å². The van der Waals surface area contributed by atoms with Crippen LogP contribution in [0, 0.1) is 36.8 Å². The molecule has 0 radical (unpaired) electrons. The Labute approximate surface area is 103 Å². The van der Waals surface area contributed by atoms with Gasteiger partial charge in [0.2, 0.25) is 0 Å². The predicted octanol–water partition coefficient (Wildman–Crippen LogP) is 3.68. The van der Waals surface area contributed by atoms with Gasteiger partial charge in [0, 0.05) is 0 Å². The highest BCUT2D eigenvalue weighted by molar-refractivity contribution is 5.35. The van der Waals surface area contributed by atoms with E-state index in [0.29, 0.717) is 18.3 Å². The van der Waals surface area contributed by atoms with Gasteiger partial charge in [-0.05, 0) is 44.4 Å². The predicted molar refractivity (Wildman–Crippen MR) is 67.5 cm³/mol. The number of fused-ring (bicyclic) bond motifs is 2. The minimum atomic E-state index is -1.02. The number of hydrogen-bond donors (Lipinski definition) is 0. The van der Waals surface area contributed by atoms with Crippen LogP contribution in [-0.2, 0) is 0 Å². The highest BCUT2D eigenvalue weighted by Gasteiger charge is 2.50. The van der Waals surface area contributed by atoms with E-state index in [1.165, 1.54) is 19.3 Å². The van der Waals surface area contributed by atoms with Gasteiger partial charge in [0.25, 0.3) is 0 Å². The molecule has 2 nitrogen and oxygen atoms in total. The van der Waals surface area contributed by atoms with E-state index in [1.54, 1.807) is 6.92 Å². The number of hydrogen-bond acceptors (Lipinski definition) is 0. The molecule has 0 aromatic heterocycles. The van der Waals surface area contributed by atoms with Gasteiger partial charge in [0.1, 0.15) is 5.57 Å². The molecule has 2 heteroatoms. The van der Waals surface area contributed by atoms with Crippen molar-refractivity contribution >= 4 is 0 Å². The van der Waals surface area contributed by atoms with Crippen molar-refractivity contribution in [1.82, 2.24) is 0 Å². The molecule has 2 aliphatic carbocycles. The smallest absolute Gasteiger partial charge is 0.225 e. The summed E-state index contributed by atoms with van der Waals surface area (Å²) in [7, 11) is 0. The Morgan fingerprint density at radius 3 is 2.76 bits per heavy atom. The molecule has 86 valence electrons. The van der Waals surface area contributed by atoms with Crippen LogP contribution in [-0.4, -0.2) is 5.66 Å². The first kappa shape index (κ1) is 11.8. The summed E-state index contributed by atoms with van der Waals surface area (Å²) in [6.45, 7) is 16.5. The van der Waals surface area contributed by atoms with E-state index in [9.17, 15) is 0 Å². The molecule has 0 N–H and O–H groups in total. The summed E-state index contributed by atoms with van der Waals surface area (Å²) in [6.07, 6.45) is 7.26. The molecule has 2 bridgehead atoms. The minimum absolute atomic E-state index is 0.363. The van der Waals surface area contributed by atoms with Crippen molar-refractivity contribution in [3.63, 3.8) is 0 Å². The molecule has 2 rings (SSSR count). The fourth-order valence-corrected chi connectivity index (χ4v) is 2.98. The Bertz CT molecular complexity index is 462. The van der Waals surface area contributed by atoms with Gasteiger partial charge in [0.15, 0.2) is 6.42 Å². The SMILES string of the molecule is [C-]#[N+]C(CC#CC)([N+]#[C-])C1=CC2CCC(C1)C2. The highest BCUT2D eigenvalue weighted by Crippen LogP contribution is 2.45. The molecule has 17 heavy (non-hydrogen) atoms. The van der Waals surface area contributed by atoms with Gasteiger partial charge >= 0.3 is 5.66 Å². The zero-order valence-electron chi connectivity index (χ0n) is 10.2. The molecule has 2 aliphatic rings. The first-order valence-electron chi connectivity index (χ1n) is 6.12. The van der Waals surface area contributed by atoms with Crippen molar-refractivity contribution in [1.29, 1.82) is 0 Å². The van der Waals surface area contributed by atoms with Crippen LogP contribution >= 0.6 is 0 Å². The molecule has 0 saturated heterocycles. The average Bonchev–Trinajstić information content (AvgIpc) is 2.70. The van der Waals surface area contributed by atoms with Gasteiger partial charge in [-0.3, -0.25) is 0 Å². The standard InChI is InChI=1S/C15H16N2/c1-4-5-8-15(16-2,17-3)14-10-12-6-7-13(9-12)11-14/h10,12-13H,6-9,11H2,1H3. The second kappa shape index (κ2) is 4.65. The van der Waals surface area contributed by atoms with Crippen molar-refractivity contribution in [3.05, 3.63) is 34.5 Å². The molecule has 1 saturated carbocycles. The first-order valence-corrected chi connectivity index (χ1v) is 6.12. The largest absolute Gasteiger partial charge is 0.516 e. The van der Waals surface area contributed by atoms with Crippen LogP contribution in [0.15, 0.2) is 11.6 Å². The maximum Gasteiger partial charge on any atom is 0.516 e. The highest BCUT2D eigenvalue weighted by atomic mass is 15.0. The molecule has 0 aromatic carbocycles. The summed E-state index contributed by atoms with van der Waals surface area (Å²) in [6, 6.07) is 0. The summed E-state index contributed by atoms with van der Waals surface area (Å²) in [5.74, 6) is 7.04. The first-order chi connectivity index (χ1) is 8.24. The van der Waals surface area contributed by atoms with Gasteiger partial charge in [-0.15, -0.1) is 5.92 Å². The molecular weight excluding hydrogens is 208 g/mol. The van der Waals surface area contributed by atoms with Crippen molar-refractivity contribution < 1.29 is 0 Å². The fourth-order valence-electron chi connectivity index (χ4n) is 2.98. The van der Waals surface area contributed by atoms with Crippen LogP contribution in [0.5, 0.6) is 0 Å². The normalized spacial score (nSPS) is 26.2. The summed E-state index contributed by atoms with van der Waals surface area (Å²) < 4.78 is 0. The van der Waals surface area contributed by atoms with Gasteiger partial charge in [-0.1, -0.05) is 12.0 Å². The molecular formula is C15H16N2. The van der Waals surface area contributed by atoms with Crippen LogP contribution in [0.2, 0.25) is 0 Å². The Morgan fingerprint density at radius 1 is 1.41 bits per heavy atom. The molecule has 2 unspecified atom stereocenters. The van der Waals surface area contributed by atoms with Crippen molar-refractivity contribution in [2.24, 2.45) is 11.8 Å². The summed E-state index contributed by atoms with van der Waals surface area (Å²) >= 11 is 0. The molecule has 1 fully saturated rings. The van der Waals surface area contributed by atoms with Crippen LogP contribution in [0.25, 0.3) is 9.69 Å². The minimum Gasteiger partial charge on any atom is -0.225 e. The van der Waals surface area contributed by atoms with Gasteiger partial charge < -0.3 is 0 Å². The van der Waals surface area contributed by atoms with Gasteiger partial charge in [-0.2, -0.15) is 0 Å². The quantitative estimate of drug-likeness (QED) is 0.384. The number of rotatable bonds is 2. The van der Waals surface area contributed by atoms with E-state index in [-0.39, 0.29) is 0 Å². The zero-order chi connectivity index (χ0) is 12.3. The van der Waals surface area contributed by atoms with E-state index < -0.39 is 5.66 Å². The van der Waals surface area contributed by atoms with Crippen molar-refractivity contribution in [2.75, 3.05) is 0 Å². The lowest BCUT2D eigenvalue weighted by Gasteiger charge is -2.20. The molecule has 0 heterocycles. The third-order valence-electron chi connectivity index (χ3n) is 3.92. The monoisotopic (exact) mass is 224 g/mol. The zero-order valence-corrected chi connectivity index (χ0v) is 10.2. The second-order valence-corrected chi connectivity index (χ2v) is 4.98. The summed E-state index contributed by atoms with van der Waals surface area (Å²) in [4.78, 5) is 7.24. The average molecular weight is 224 g/mol. The maximum absolute atomic E-state index is 7.38. The Balaban J connectivity index is 2.31. The van der Waals surface area contributed by atoms with Gasteiger partial charge in [-0.25, -0.2) is 22.8 Å². The summed E-state index contributed by atoms with van der Waals surface area (Å²) in [5.41, 5.74) is 0.0218. The van der Waals surface area contributed by atoms with Crippen LogP contribution < -0.4 is 0 Å². The lowest BCUT2D eigenvalue weighted by Crippen LogP contribution is -2.26. The lowest BCUT2D eigenvalue weighted by atomic mass is 9.82. The third kappa shape index (κ3) is 2.07. The summed E-state index contributed by atoms with van der Waals surface area (Å²) in [5, 5.41) is 0. The molecule has 0 amide bonds.